The number of aromatic nitrogens is 2. The van der Waals surface area contributed by atoms with Crippen molar-refractivity contribution in [3.05, 3.63) is 93.9 Å². The van der Waals surface area contributed by atoms with Gasteiger partial charge in [0.2, 0.25) is 0 Å². The number of nitrogens with one attached hydrogen (secondary N) is 1. The molecule has 3 heterocycles. The monoisotopic (exact) mass is 508 g/mol. The standard InChI is InChI=1S/C27H26Cl2N4O2/c1-2-24-26(33-14-11-20(29)15-25(33)31-24)27(34)30-16-18-3-7-21(8-4-18)32-13-12-23(17-32)35-22-9-5-19(28)6-10-22/h3-11,14-15,23H,2,12-13,16-17H2,1H3,(H,30,34)/t23-/m1/s1. The van der Waals surface area contributed by atoms with E-state index in [0.29, 0.717) is 34.4 Å². The van der Waals surface area contributed by atoms with Crippen molar-refractivity contribution in [2.75, 3.05) is 18.0 Å². The molecular weight excluding hydrogens is 483 g/mol. The molecule has 8 heteroatoms. The van der Waals surface area contributed by atoms with Gasteiger partial charge in [-0.15, -0.1) is 0 Å². The largest absolute Gasteiger partial charge is 0.489 e. The number of rotatable bonds is 7. The number of carbonyl (C=O) groups excluding carboxylic acids is 1. The highest BCUT2D eigenvalue weighted by atomic mass is 35.5. The summed E-state index contributed by atoms with van der Waals surface area (Å²) in [6, 6.07) is 19.3. The van der Waals surface area contributed by atoms with E-state index in [0.717, 1.165) is 42.2 Å². The summed E-state index contributed by atoms with van der Waals surface area (Å²) in [6.45, 7) is 4.19. The van der Waals surface area contributed by atoms with Crippen LogP contribution in [0.4, 0.5) is 5.69 Å². The average Bonchev–Trinajstić information content (AvgIpc) is 3.48. The van der Waals surface area contributed by atoms with E-state index in [-0.39, 0.29) is 12.0 Å². The third-order valence-corrected chi connectivity index (χ3v) is 6.71. The molecule has 1 N–H and O–H groups in total. The number of imidazole rings is 1. The Labute approximate surface area is 214 Å². The fraction of sp³-hybridized carbons (Fsp3) is 0.259. The molecule has 2 aromatic heterocycles. The summed E-state index contributed by atoms with van der Waals surface area (Å²) >= 11 is 12.0. The molecule has 1 saturated heterocycles. The van der Waals surface area contributed by atoms with E-state index < -0.39 is 0 Å². The van der Waals surface area contributed by atoms with E-state index in [1.54, 1.807) is 22.7 Å². The van der Waals surface area contributed by atoms with Crippen LogP contribution < -0.4 is 15.0 Å². The summed E-state index contributed by atoms with van der Waals surface area (Å²) in [7, 11) is 0. The Morgan fingerprint density at radius 2 is 1.86 bits per heavy atom. The van der Waals surface area contributed by atoms with Gasteiger partial charge in [-0.2, -0.15) is 0 Å². The van der Waals surface area contributed by atoms with Gasteiger partial charge in [0.25, 0.3) is 5.91 Å². The molecule has 1 aliphatic heterocycles. The number of fused-ring (bicyclic) bond motifs is 1. The number of benzene rings is 2. The highest BCUT2D eigenvalue weighted by Gasteiger charge is 2.24. The zero-order valence-electron chi connectivity index (χ0n) is 19.4. The Balaban J connectivity index is 1.19. The van der Waals surface area contributed by atoms with Gasteiger partial charge in [0.1, 0.15) is 23.2 Å². The molecule has 1 atom stereocenters. The lowest BCUT2D eigenvalue weighted by Crippen LogP contribution is -2.26. The molecule has 1 amide bonds. The zero-order chi connectivity index (χ0) is 24.4. The number of hydrogen-bond acceptors (Lipinski definition) is 4. The highest BCUT2D eigenvalue weighted by molar-refractivity contribution is 6.31. The van der Waals surface area contributed by atoms with Crippen molar-refractivity contribution in [3.63, 3.8) is 0 Å². The number of amides is 1. The van der Waals surface area contributed by atoms with Crippen molar-refractivity contribution in [1.29, 1.82) is 0 Å². The molecule has 0 bridgehead atoms. The summed E-state index contributed by atoms with van der Waals surface area (Å²) in [5, 5.41) is 4.33. The van der Waals surface area contributed by atoms with Crippen molar-refractivity contribution in [2.45, 2.75) is 32.4 Å². The third-order valence-electron chi connectivity index (χ3n) is 6.23. The van der Waals surface area contributed by atoms with Crippen LogP contribution in [0.5, 0.6) is 5.75 Å². The van der Waals surface area contributed by atoms with Crippen molar-refractivity contribution in [3.8, 4) is 5.75 Å². The molecule has 180 valence electrons. The number of aryl methyl sites for hydroxylation is 1. The molecule has 0 spiro atoms. The molecule has 0 radical (unpaired) electrons. The second kappa shape index (κ2) is 10.2. The smallest absolute Gasteiger partial charge is 0.270 e. The van der Waals surface area contributed by atoms with Crippen LogP contribution in [0.1, 0.15) is 35.1 Å². The number of nitrogens with zero attached hydrogens (tertiary/aromatic N) is 3. The zero-order valence-corrected chi connectivity index (χ0v) is 20.9. The Hall–Kier alpha value is -3.22. The Kier molecular flexibility index (Phi) is 6.84. The first kappa shape index (κ1) is 23.5. The van der Waals surface area contributed by atoms with Crippen LogP contribution in [0.2, 0.25) is 10.0 Å². The number of halogens is 2. The predicted octanol–water partition coefficient (Wildman–Crippen LogP) is 5.79. The molecule has 4 aromatic rings. The van der Waals surface area contributed by atoms with Gasteiger partial charge in [-0.3, -0.25) is 9.20 Å². The minimum atomic E-state index is -0.150. The number of hydrogen-bond donors (Lipinski definition) is 1. The van der Waals surface area contributed by atoms with Gasteiger partial charge in [0, 0.05) is 47.5 Å². The molecule has 0 aliphatic carbocycles. The second-order valence-electron chi connectivity index (χ2n) is 8.61. The maximum absolute atomic E-state index is 13.0. The number of ether oxygens (including phenoxy) is 1. The van der Waals surface area contributed by atoms with E-state index in [2.05, 4.69) is 39.5 Å². The van der Waals surface area contributed by atoms with Crippen LogP contribution in [-0.4, -0.2) is 34.5 Å². The lowest BCUT2D eigenvalue weighted by Gasteiger charge is -2.19. The fourth-order valence-corrected chi connectivity index (χ4v) is 4.69. The predicted molar refractivity (Wildman–Crippen MR) is 140 cm³/mol. The minimum absolute atomic E-state index is 0.142. The van der Waals surface area contributed by atoms with Gasteiger partial charge in [-0.05, 0) is 54.4 Å². The Morgan fingerprint density at radius 3 is 2.60 bits per heavy atom. The molecule has 6 nitrogen and oxygen atoms in total. The van der Waals surface area contributed by atoms with Crippen LogP contribution in [0.25, 0.3) is 5.65 Å². The first-order chi connectivity index (χ1) is 17.0. The summed E-state index contributed by atoms with van der Waals surface area (Å²) < 4.78 is 7.89. The quantitative estimate of drug-likeness (QED) is 0.343. The molecule has 2 aromatic carbocycles. The molecule has 1 fully saturated rings. The van der Waals surface area contributed by atoms with Gasteiger partial charge < -0.3 is 15.0 Å². The molecule has 1 aliphatic rings. The summed E-state index contributed by atoms with van der Waals surface area (Å²) in [6.07, 6.45) is 3.55. The maximum atomic E-state index is 13.0. The van der Waals surface area contributed by atoms with Crippen LogP contribution in [0, 0.1) is 0 Å². The van der Waals surface area contributed by atoms with E-state index >= 15 is 0 Å². The third kappa shape index (κ3) is 5.24. The van der Waals surface area contributed by atoms with Crippen LogP contribution in [0.15, 0.2) is 66.9 Å². The van der Waals surface area contributed by atoms with E-state index in [9.17, 15) is 4.79 Å². The molecule has 0 saturated carbocycles. The topological polar surface area (TPSA) is 58.9 Å². The second-order valence-corrected chi connectivity index (χ2v) is 9.48. The molecule has 35 heavy (non-hydrogen) atoms. The number of carbonyl (C=O) groups is 1. The molecule has 5 rings (SSSR count). The fourth-order valence-electron chi connectivity index (χ4n) is 4.41. The van der Waals surface area contributed by atoms with Crippen molar-refractivity contribution < 1.29 is 9.53 Å². The highest BCUT2D eigenvalue weighted by Crippen LogP contribution is 2.25. The normalized spacial score (nSPS) is 15.5. The Morgan fingerprint density at radius 1 is 1.09 bits per heavy atom. The van der Waals surface area contributed by atoms with Crippen LogP contribution >= 0.6 is 23.2 Å². The first-order valence-electron chi connectivity index (χ1n) is 11.7. The van der Waals surface area contributed by atoms with Crippen molar-refractivity contribution >= 4 is 40.4 Å². The summed E-state index contributed by atoms with van der Waals surface area (Å²) in [4.78, 5) is 19.9. The average molecular weight is 509 g/mol. The first-order valence-corrected chi connectivity index (χ1v) is 12.5. The SMILES string of the molecule is CCc1nc2cc(Cl)ccn2c1C(=O)NCc1ccc(N2CC[C@@H](Oc3ccc(Cl)cc3)C2)cc1. The maximum Gasteiger partial charge on any atom is 0.270 e. The van der Waals surface area contributed by atoms with E-state index in [4.69, 9.17) is 27.9 Å². The lowest BCUT2D eigenvalue weighted by molar-refractivity contribution is 0.0944. The number of anilines is 1. The van der Waals surface area contributed by atoms with Gasteiger partial charge in [0.05, 0.1) is 12.2 Å². The van der Waals surface area contributed by atoms with Crippen LogP contribution in [-0.2, 0) is 13.0 Å². The van der Waals surface area contributed by atoms with E-state index in [1.807, 2.05) is 31.2 Å². The lowest BCUT2D eigenvalue weighted by atomic mass is 10.2. The molecule has 0 unspecified atom stereocenters. The minimum Gasteiger partial charge on any atom is -0.489 e. The van der Waals surface area contributed by atoms with Crippen LogP contribution in [0.3, 0.4) is 0 Å². The molecular formula is C27H26Cl2N4O2. The summed E-state index contributed by atoms with van der Waals surface area (Å²) in [5.41, 5.74) is 4.16. The van der Waals surface area contributed by atoms with Gasteiger partial charge in [-0.1, -0.05) is 42.3 Å². The van der Waals surface area contributed by atoms with Crippen molar-refractivity contribution in [1.82, 2.24) is 14.7 Å². The van der Waals surface area contributed by atoms with Gasteiger partial charge >= 0.3 is 0 Å². The van der Waals surface area contributed by atoms with E-state index in [1.165, 1.54) is 0 Å². The Bertz CT molecular complexity index is 1340. The van der Waals surface area contributed by atoms with Gasteiger partial charge in [0.15, 0.2) is 0 Å². The summed E-state index contributed by atoms with van der Waals surface area (Å²) in [5.74, 6) is 0.690. The van der Waals surface area contributed by atoms with Gasteiger partial charge in [-0.25, -0.2) is 4.98 Å². The number of pyridine rings is 1. The van der Waals surface area contributed by atoms with Crippen molar-refractivity contribution in [2.24, 2.45) is 0 Å².